The van der Waals surface area contributed by atoms with Crippen molar-refractivity contribution in [3.63, 3.8) is 0 Å². The molecule has 0 spiro atoms. The van der Waals surface area contributed by atoms with Crippen molar-refractivity contribution in [1.29, 1.82) is 0 Å². The van der Waals surface area contributed by atoms with Crippen molar-refractivity contribution in [3.8, 4) is 5.69 Å². The summed E-state index contributed by atoms with van der Waals surface area (Å²) in [6.45, 7) is 8.83. The molecule has 2 rings (SSSR count). The van der Waals surface area contributed by atoms with Gasteiger partial charge in [-0.25, -0.2) is 0 Å². The normalized spacial score (nSPS) is 11.9. The molecule has 0 unspecified atom stereocenters. The molecular formula is C13H17BrClN5. The molecule has 0 amide bonds. The lowest BCUT2D eigenvalue weighted by Gasteiger charge is -2.20. The van der Waals surface area contributed by atoms with E-state index in [1.54, 1.807) is 4.68 Å². The van der Waals surface area contributed by atoms with Gasteiger partial charge in [-0.15, -0.1) is 5.10 Å². The first-order valence-corrected chi connectivity index (χ1v) is 7.43. The molecule has 1 heterocycles. The summed E-state index contributed by atoms with van der Waals surface area (Å²) in [7, 11) is 0. The average molecular weight is 359 g/mol. The number of tetrazole rings is 1. The minimum atomic E-state index is -0.00106. The first-order valence-electron chi connectivity index (χ1n) is 6.26. The summed E-state index contributed by atoms with van der Waals surface area (Å²) in [4.78, 5) is 0. The van der Waals surface area contributed by atoms with Crippen molar-refractivity contribution in [2.45, 2.75) is 39.8 Å². The zero-order valence-electron chi connectivity index (χ0n) is 11.9. The monoisotopic (exact) mass is 357 g/mol. The summed E-state index contributed by atoms with van der Waals surface area (Å²) < 4.78 is 2.59. The van der Waals surface area contributed by atoms with Crippen LogP contribution in [-0.2, 0) is 6.54 Å². The second-order valence-electron chi connectivity index (χ2n) is 5.66. The molecule has 108 valence electrons. The van der Waals surface area contributed by atoms with Gasteiger partial charge in [0.2, 0.25) is 0 Å². The highest BCUT2D eigenvalue weighted by Crippen LogP contribution is 2.28. The fourth-order valence-corrected chi connectivity index (χ4v) is 2.43. The predicted molar refractivity (Wildman–Crippen MR) is 83.2 cm³/mol. The molecule has 0 aliphatic heterocycles. The Balaban J connectivity index is 2.35. The van der Waals surface area contributed by atoms with Crippen LogP contribution >= 0.6 is 27.5 Å². The van der Waals surface area contributed by atoms with Gasteiger partial charge < -0.3 is 5.32 Å². The molecule has 2 aromatic rings. The Bertz CT molecular complexity index is 618. The van der Waals surface area contributed by atoms with Crippen LogP contribution in [0.2, 0.25) is 5.02 Å². The summed E-state index contributed by atoms with van der Waals surface area (Å²) in [6, 6.07) is 3.82. The molecule has 7 heteroatoms. The molecule has 1 N–H and O–H groups in total. The van der Waals surface area contributed by atoms with Gasteiger partial charge in [0.1, 0.15) is 0 Å². The minimum Gasteiger partial charge on any atom is -0.305 e. The third-order valence-electron chi connectivity index (χ3n) is 2.77. The van der Waals surface area contributed by atoms with Crippen LogP contribution in [-0.4, -0.2) is 25.7 Å². The molecule has 0 atom stereocenters. The van der Waals surface area contributed by atoms with E-state index in [1.165, 1.54) is 0 Å². The van der Waals surface area contributed by atoms with E-state index in [0.29, 0.717) is 11.6 Å². The number of aryl methyl sites for hydroxylation is 1. The summed E-state index contributed by atoms with van der Waals surface area (Å²) in [6.07, 6.45) is 0. The van der Waals surface area contributed by atoms with Crippen LogP contribution in [0.1, 0.15) is 32.2 Å². The third kappa shape index (κ3) is 3.56. The van der Waals surface area contributed by atoms with Crippen molar-refractivity contribution in [1.82, 2.24) is 25.5 Å². The second kappa shape index (κ2) is 5.79. The van der Waals surface area contributed by atoms with Gasteiger partial charge >= 0.3 is 0 Å². The van der Waals surface area contributed by atoms with Gasteiger partial charge in [0.05, 0.1) is 12.2 Å². The van der Waals surface area contributed by atoms with E-state index in [4.69, 9.17) is 11.6 Å². The van der Waals surface area contributed by atoms with Crippen molar-refractivity contribution in [2.24, 2.45) is 0 Å². The van der Waals surface area contributed by atoms with Gasteiger partial charge in [-0.2, -0.15) is 4.68 Å². The Morgan fingerprint density at radius 1 is 1.35 bits per heavy atom. The molecule has 0 aliphatic carbocycles. The number of rotatable bonds is 3. The molecule has 5 nitrogen and oxygen atoms in total. The minimum absolute atomic E-state index is 0.00106. The van der Waals surface area contributed by atoms with Crippen LogP contribution in [0, 0.1) is 6.92 Å². The molecule has 0 aliphatic rings. The van der Waals surface area contributed by atoms with Crippen LogP contribution < -0.4 is 5.32 Å². The number of halogens is 2. The Kier molecular flexibility index (Phi) is 4.46. The van der Waals surface area contributed by atoms with Crippen molar-refractivity contribution < 1.29 is 0 Å². The van der Waals surface area contributed by atoms with Gasteiger partial charge in [0.25, 0.3) is 0 Å². The lowest BCUT2D eigenvalue weighted by atomic mass is 10.1. The van der Waals surface area contributed by atoms with Crippen LogP contribution in [0.25, 0.3) is 5.69 Å². The molecule has 20 heavy (non-hydrogen) atoms. The Morgan fingerprint density at radius 3 is 2.70 bits per heavy atom. The van der Waals surface area contributed by atoms with Gasteiger partial charge in [-0.1, -0.05) is 11.6 Å². The number of nitrogens with zero attached hydrogens (tertiary/aromatic N) is 4. The van der Waals surface area contributed by atoms with Crippen molar-refractivity contribution in [2.75, 3.05) is 0 Å². The Morgan fingerprint density at radius 2 is 2.05 bits per heavy atom. The van der Waals surface area contributed by atoms with E-state index in [0.717, 1.165) is 21.5 Å². The van der Waals surface area contributed by atoms with Crippen molar-refractivity contribution in [3.05, 3.63) is 33.0 Å². The predicted octanol–water partition coefficient (Wildman–Crippen LogP) is 3.27. The van der Waals surface area contributed by atoms with Gasteiger partial charge in [-0.3, -0.25) is 0 Å². The first kappa shape index (κ1) is 15.4. The fourth-order valence-electron chi connectivity index (χ4n) is 1.65. The maximum Gasteiger partial charge on any atom is 0.170 e. The van der Waals surface area contributed by atoms with Crippen LogP contribution in [0.5, 0.6) is 0 Å². The first-order chi connectivity index (χ1) is 9.28. The molecule has 1 aromatic carbocycles. The molecule has 0 saturated heterocycles. The number of benzene rings is 1. The summed E-state index contributed by atoms with van der Waals surface area (Å²) in [5.41, 5.74) is 1.83. The van der Waals surface area contributed by atoms with Crippen LogP contribution in [0.3, 0.4) is 0 Å². The zero-order valence-corrected chi connectivity index (χ0v) is 14.2. The van der Waals surface area contributed by atoms with Gasteiger partial charge in [0.15, 0.2) is 5.82 Å². The average Bonchev–Trinajstić information content (AvgIpc) is 2.78. The lowest BCUT2D eigenvalue weighted by Crippen LogP contribution is -2.36. The fraction of sp³-hybridized carbons (Fsp3) is 0.462. The van der Waals surface area contributed by atoms with E-state index in [2.05, 4.69) is 57.5 Å². The molecule has 0 bridgehead atoms. The SMILES string of the molecule is Cc1cc(Br)c(-n2nnnc2CNC(C)(C)C)cc1Cl. The third-order valence-corrected chi connectivity index (χ3v) is 3.81. The molecule has 0 fully saturated rings. The molecular weight excluding hydrogens is 342 g/mol. The van der Waals surface area contributed by atoms with Crippen LogP contribution in [0.4, 0.5) is 0 Å². The number of hydrogen-bond donors (Lipinski definition) is 1. The van der Waals surface area contributed by atoms with E-state index in [1.807, 2.05) is 19.1 Å². The standard InChI is InChI=1S/C13H17BrClN5/c1-8-5-9(14)11(6-10(8)15)20-12(17-18-19-20)7-16-13(2,3)4/h5-6,16H,7H2,1-4H3. The van der Waals surface area contributed by atoms with E-state index < -0.39 is 0 Å². The lowest BCUT2D eigenvalue weighted by molar-refractivity contribution is 0.415. The Labute approximate surface area is 131 Å². The molecule has 0 radical (unpaired) electrons. The molecule has 0 saturated carbocycles. The highest BCUT2D eigenvalue weighted by molar-refractivity contribution is 9.10. The van der Waals surface area contributed by atoms with Gasteiger partial charge in [0, 0.05) is 15.0 Å². The smallest absolute Gasteiger partial charge is 0.170 e. The largest absolute Gasteiger partial charge is 0.305 e. The van der Waals surface area contributed by atoms with E-state index >= 15 is 0 Å². The van der Waals surface area contributed by atoms with E-state index in [9.17, 15) is 0 Å². The van der Waals surface area contributed by atoms with Crippen molar-refractivity contribution >= 4 is 27.5 Å². The highest BCUT2D eigenvalue weighted by atomic mass is 79.9. The summed E-state index contributed by atoms with van der Waals surface area (Å²) in [5.74, 6) is 0.737. The summed E-state index contributed by atoms with van der Waals surface area (Å²) in [5, 5.41) is 15.9. The van der Waals surface area contributed by atoms with E-state index in [-0.39, 0.29) is 5.54 Å². The highest BCUT2D eigenvalue weighted by Gasteiger charge is 2.15. The zero-order chi connectivity index (χ0) is 14.9. The maximum atomic E-state index is 6.19. The second-order valence-corrected chi connectivity index (χ2v) is 6.92. The van der Waals surface area contributed by atoms with Gasteiger partial charge in [-0.05, 0) is 71.7 Å². The Hall–Kier alpha value is -0.980. The number of nitrogens with one attached hydrogen (secondary N) is 1. The topological polar surface area (TPSA) is 55.6 Å². The maximum absolute atomic E-state index is 6.19. The quantitative estimate of drug-likeness (QED) is 0.915. The molecule has 1 aromatic heterocycles. The number of aromatic nitrogens is 4. The summed E-state index contributed by atoms with van der Waals surface area (Å²) >= 11 is 9.72. The number of hydrogen-bond acceptors (Lipinski definition) is 4. The van der Waals surface area contributed by atoms with Crippen LogP contribution in [0.15, 0.2) is 16.6 Å².